The van der Waals surface area contributed by atoms with E-state index in [0.717, 1.165) is 41.9 Å². The van der Waals surface area contributed by atoms with E-state index in [1.165, 1.54) is 30.4 Å². The van der Waals surface area contributed by atoms with Gasteiger partial charge in [-0.2, -0.15) is 0 Å². The molecule has 1 saturated carbocycles. The Balaban J connectivity index is 1.49. The quantitative estimate of drug-likeness (QED) is 0.561. The lowest BCUT2D eigenvalue weighted by Gasteiger charge is -2.29. The van der Waals surface area contributed by atoms with E-state index in [0.29, 0.717) is 11.7 Å². The van der Waals surface area contributed by atoms with Crippen molar-refractivity contribution in [2.45, 2.75) is 57.6 Å². The molecule has 1 aliphatic carbocycles. The molecule has 0 spiro atoms. The first kappa shape index (κ1) is 20.8. The van der Waals surface area contributed by atoms with E-state index >= 15 is 0 Å². The molecule has 0 N–H and O–H groups in total. The number of aryl methyl sites for hydroxylation is 1. The molecular weight excluding hydrogens is 422 g/mol. The van der Waals surface area contributed by atoms with Gasteiger partial charge in [-0.15, -0.1) is 0 Å². The van der Waals surface area contributed by atoms with Crippen LogP contribution in [0.15, 0.2) is 39.8 Å². The predicted molar refractivity (Wildman–Crippen MR) is 118 cm³/mol. The summed E-state index contributed by atoms with van der Waals surface area (Å²) in [6, 6.07) is 8.72. The Morgan fingerprint density at radius 3 is 2.48 bits per heavy atom. The second kappa shape index (κ2) is 9.04. The van der Waals surface area contributed by atoms with Crippen LogP contribution in [0.5, 0.6) is 0 Å². The summed E-state index contributed by atoms with van der Waals surface area (Å²) in [5.74, 6) is 1.47. The second-order valence-electron chi connectivity index (χ2n) is 8.25. The van der Waals surface area contributed by atoms with E-state index < -0.39 is 9.84 Å². The molecule has 0 bridgehead atoms. The lowest BCUT2D eigenvalue weighted by atomic mass is 9.80. The second-order valence-corrected chi connectivity index (χ2v) is 11.7. The fourth-order valence-electron chi connectivity index (χ4n) is 4.07. The van der Waals surface area contributed by atoms with Crippen LogP contribution in [0, 0.1) is 11.8 Å². The number of sulfone groups is 1. The maximum atomic E-state index is 12.1. The van der Waals surface area contributed by atoms with Gasteiger partial charge in [0.1, 0.15) is 0 Å². The van der Waals surface area contributed by atoms with Crippen LogP contribution < -0.4 is 0 Å². The van der Waals surface area contributed by atoms with Crippen LogP contribution >= 0.6 is 15.9 Å². The standard InChI is InChI=1S/C22H30BrNO2S/c1-16(2)27(25,26)15-19-10-7-17(8-11-19)6-9-18-4-3-5-20(14-18)22-21(23)12-13-24-22/h3-5,12,14,16-17,19H,6-11,13,15H2,1-2H3. The number of rotatable bonds is 7. The average molecular weight is 452 g/mol. The van der Waals surface area contributed by atoms with Crippen molar-refractivity contribution in [3.8, 4) is 0 Å². The van der Waals surface area contributed by atoms with Gasteiger partial charge in [0.15, 0.2) is 9.84 Å². The molecule has 148 valence electrons. The third kappa shape index (κ3) is 5.54. The van der Waals surface area contributed by atoms with Crippen molar-refractivity contribution in [3.05, 3.63) is 46.0 Å². The number of hydrogen-bond donors (Lipinski definition) is 0. The van der Waals surface area contributed by atoms with Crippen molar-refractivity contribution in [2.75, 3.05) is 12.3 Å². The zero-order valence-corrected chi connectivity index (χ0v) is 18.7. The molecule has 27 heavy (non-hydrogen) atoms. The third-order valence-electron chi connectivity index (χ3n) is 5.94. The Morgan fingerprint density at radius 2 is 1.85 bits per heavy atom. The molecule has 5 heteroatoms. The van der Waals surface area contributed by atoms with Crippen LogP contribution in [0.4, 0.5) is 0 Å². The minimum absolute atomic E-state index is 0.248. The summed E-state index contributed by atoms with van der Waals surface area (Å²) in [5, 5.41) is -0.248. The van der Waals surface area contributed by atoms with Crippen molar-refractivity contribution < 1.29 is 8.42 Å². The first-order valence-electron chi connectivity index (χ1n) is 10.1. The van der Waals surface area contributed by atoms with Crippen LogP contribution in [0.3, 0.4) is 0 Å². The van der Waals surface area contributed by atoms with Gasteiger partial charge in [0.25, 0.3) is 0 Å². The maximum absolute atomic E-state index is 12.1. The van der Waals surface area contributed by atoms with Crippen molar-refractivity contribution in [3.63, 3.8) is 0 Å². The van der Waals surface area contributed by atoms with Gasteiger partial charge in [-0.3, -0.25) is 4.99 Å². The fraction of sp³-hybridized carbons (Fsp3) is 0.591. The highest BCUT2D eigenvalue weighted by Crippen LogP contribution is 2.33. The highest BCUT2D eigenvalue weighted by Gasteiger charge is 2.27. The number of halogens is 1. The summed E-state index contributed by atoms with van der Waals surface area (Å²) in [4.78, 5) is 4.56. The zero-order valence-electron chi connectivity index (χ0n) is 16.3. The molecule has 0 atom stereocenters. The van der Waals surface area contributed by atoms with Crippen LogP contribution in [0.1, 0.15) is 57.1 Å². The average Bonchev–Trinajstić information content (AvgIpc) is 3.07. The summed E-state index contributed by atoms with van der Waals surface area (Å²) in [6.45, 7) is 4.34. The molecule has 2 aliphatic rings. The minimum Gasteiger partial charge on any atom is -0.279 e. The van der Waals surface area contributed by atoms with E-state index in [2.05, 4.69) is 51.3 Å². The fourth-order valence-corrected chi connectivity index (χ4v) is 5.95. The summed E-state index contributed by atoms with van der Waals surface area (Å²) in [6.07, 6.45) is 8.83. The van der Waals surface area contributed by atoms with Gasteiger partial charge in [0, 0.05) is 10.0 Å². The molecule has 1 aliphatic heterocycles. The zero-order chi connectivity index (χ0) is 19.4. The van der Waals surface area contributed by atoms with Crippen molar-refractivity contribution in [1.82, 2.24) is 0 Å². The topological polar surface area (TPSA) is 46.5 Å². The van der Waals surface area contributed by atoms with Crippen molar-refractivity contribution in [1.29, 1.82) is 0 Å². The summed E-state index contributed by atoms with van der Waals surface area (Å²) >= 11 is 3.59. The van der Waals surface area contributed by atoms with E-state index in [-0.39, 0.29) is 5.25 Å². The number of aliphatic imine (C=N–C) groups is 1. The molecule has 0 radical (unpaired) electrons. The number of allylic oxidation sites excluding steroid dienone is 1. The Hall–Kier alpha value is -0.940. The van der Waals surface area contributed by atoms with E-state index in [1.54, 1.807) is 13.8 Å². The first-order chi connectivity index (χ1) is 12.8. The van der Waals surface area contributed by atoms with Crippen LogP contribution in [0.25, 0.3) is 0 Å². The molecule has 1 heterocycles. The largest absolute Gasteiger partial charge is 0.279 e. The Kier molecular flexibility index (Phi) is 6.96. The van der Waals surface area contributed by atoms with E-state index in [1.807, 2.05) is 0 Å². The van der Waals surface area contributed by atoms with Gasteiger partial charge in [0.2, 0.25) is 0 Å². The molecule has 3 nitrogen and oxygen atoms in total. The maximum Gasteiger partial charge on any atom is 0.152 e. The molecule has 0 unspecified atom stereocenters. The van der Waals surface area contributed by atoms with Crippen molar-refractivity contribution >= 4 is 31.5 Å². The molecular formula is C22H30BrNO2S. The third-order valence-corrected chi connectivity index (χ3v) is 9.01. The number of nitrogens with zero attached hydrogens (tertiary/aromatic N) is 1. The molecule has 0 aromatic heterocycles. The Bertz CT molecular complexity index is 818. The summed E-state index contributed by atoms with van der Waals surface area (Å²) in [5.41, 5.74) is 3.62. The van der Waals surface area contributed by atoms with Gasteiger partial charge < -0.3 is 0 Å². The lowest BCUT2D eigenvalue weighted by molar-refractivity contribution is 0.278. The molecule has 0 amide bonds. The lowest BCUT2D eigenvalue weighted by Crippen LogP contribution is -2.26. The predicted octanol–water partition coefficient (Wildman–Crippen LogP) is 5.33. The smallest absolute Gasteiger partial charge is 0.152 e. The molecule has 0 saturated heterocycles. The first-order valence-corrected chi connectivity index (χ1v) is 12.6. The van der Waals surface area contributed by atoms with Crippen LogP contribution in [-0.4, -0.2) is 31.7 Å². The Morgan fingerprint density at radius 1 is 1.15 bits per heavy atom. The van der Waals surface area contributed by atoms with Crippen molar-refractivity contribution in [2.24, 2.45) is 16.8 Å². The molecule has 1 fully saturated rings. The molecule has 1 aromatic rings. The number of benzene rings is 1. The monoisotopic (exact) mass is 451 g/mol. The van der Waals surface area contributed by atoms with Gasteiger partial charge in [-0.05, 0) is 85.0 Å². The van der Waals surface area contributed by atoms with Gasteiger partial charge >= 0.3 is 0 Å². The number of hydrogen-bond acceptors (Lipinski definition) is 3. The normalized spacial score (nSPS) is 23.4. The highest BCUT2D eigenvalue weighted by atomic mass is 79.9. The van der Waals surface area contributed by atoms with Gasteiger partial charge in [-0.25, -0.2) is 8.42 Å². The minimum atomic E-state index is -2.91. The van der Waals surface area contributed by atoms with Crippen LogP contribution in [0.2, 0.25) is 0 Å². The summed E-state index contributed by atoms with van der Waals surface area (Å²) < 4.78 is 25.4. The van der Waals surface area contributed by atoms with Gasteiger partial charge in [0.05, 0.1) is 23.3 Å². The van der Waals surface area contributed by atoms with E-state index in [9.17, 15) is 8.42 Å². The molecule has 1 aromatic carbocycles. The van der Waals surface area contributed by atoms with E-state index in [4.69, 9.17) is 0 Å². The Labute approximate surface area is 172 Å². The summed E-state index contributed by atoms with van der Waals surface area (Å²) in [7, 11) is -2.91. The highest BCUT2D eigenvalue weighted by molar-refractivity contribution is 9.12. The SMILES string of the molecule is CC(C)S(=O)(=O)CC1CCC(CCc2cccc(C3=NCC=C3Br)c2)CC1. The van der Waals surface area contributed by atoms with Crippen LogP contribution in [-0.2, 0) is 16.3 Å². The van der Waals surface area contributed by atoms with Gasteiger partial charge in [-0.1, -0.05) is 31.0 Å². The molecule has 3 rings (SSSR count).